The van der Waals surface area contributed by atoms with Gasteiger partial charge in [-0.05, 0) is 12.1 Å². The van der Waals surface area contributed by atoms with Crippen molar-refractivity contribution in [3.8, 4) is 0 Å². The highest BCUT2D eigenvalue weighted by Crippen LogP contribution is 2.40. The maximum absolute atomic E-state index is 6.32. The van der Waals surface area contributed by atoms with Crippen LogP contribution in [0, 0.1) is 0 Å². The van der Waals surface area contributed by atoms with Crippen LogP contribution in [0.1, 0.15) is 11.9 Å². The standard InChI is InChI=1S/C21H24O5S/c1-22-18-17-16(13-24-20(26-17)14-9-5-3-6-10-14)25-21(19(18)23-2)27-15-11-7-4-8-12-15/h3-12,16-21H,13H2,1-2H3/t16-,17-,18+,19-,20-,21+/m1/s1. The lowest BCUT2D eigenvalue weighted by Gasteiger charge is -2.48. The van der Waals surface area contributed by atoms with Crippen molar-refractivity contribution in [1.82, 2.24) is 0 Å². The van der Waals surface area contributed by atoms with Gasteiger partial charge in [-0.25, -0.2) is 0 Å². The summed E-state index contributed by atoms with van der Waals surface area (Å²) in [4.78, 5) is 1.12. The first kappa shape index (κ1) is 18.9. The van der Waals surface area contributed by atoms with Crippen LogP contribution < -0.4 is 0 Å². The normalized spacial score (nSPS) is 33.4. The summed E-state index contributed by atoms with van der Waals surface area (Å²) in [7, 11) is 3.38. The fourth-order valence-corrected chi connectivity index (χ4v) is 4.75. The highest BCUT2D eigenvalue weighted by atomic mass is 32.2. The van der Waals surface area contributed by atoms with E-state index >= 15 is 0 Å². The molecule has 0 aromatic heterocycles. The second-order valence-corrected chi connectivity index (χ2v) is 7.72. The van der Waals surface area contributed by atoms with Crippen molar-refractivity contribution in [1.29, 1.82) is 0 Å². The van der Waals surface area contributed by atoms with Gasteiger partial charge in [0.15, 0.2) is 6.29 Å². The predicted molar refractivity (Wildman–Crippen MR) is 103 cm³/mol. The monoisotopic (exact) mass is 388 g/mol. The van der Waals surface area contributed by atoms with Gasteiger partial charge in [-0.1, -0.05) is 60.3 Å². The van der Waals surface area contributed by atoms with Crippen molar-refractivity contribution in [2.75, 3.05) is 20.8 Å². The molecule has 27 heavy (non-hydrogen) atoms. The Balaban J connectivity index is 1.52. The van der Waals surface area contributed by atoms with Crippen molar-refractivity contribution < 1.29 is 23.7 Å². The first-order valence-corrected chi connectivity index (χ1v) is 9.93. The number of hydrogen-bond donors (Lipinski definition) is 0. The molecule has 0 amide bonds. The third-order valence-corrected chi connectivity index (χ3v) is 6.05. The Kier molecular flexibility index (Phi) is 6.12. The molecule has 144 valence electrons. The fraction of sp³-hybridized carbons (Fsp3) is 0.429. The van der Waals surface area contributed by atoms with Crippen LogP contribution in [0.25, 0.3) is 0 Å². The van der Waals surface area contributed by atoms with E-state index in [2.05, 4.69) is 12.1 Å². The summed E-state index contributed by atoms with van der Waals surface area (Å²) < 4.78 is 30.1. The van der Waals surface area contributed by atoms with Crippen LogP contribution in [0.15, 0.2) is 65.6 Å². The molecule has 2 fully saturated rings. The van der Waals surface area contributed by atoms with Gasteiger partial charge in [0.2, 0.25) is 0 Å². The number of thioether (sulfide) groups is 1. The molecule has 5 nitrogen and oxygen atoms in total. The molecule has 4 rings (SSSR count). The van der Waals surface area contributed by atoms with Crippen LogP contribution in [0.4, 0.5) is 0 Å². The number of fused-ring (bicyclic) bond motifs is 1. The first-order valence-electron chi connectivity index (χ1n) is 9.05. The van der Waals surface area contributed by atoms with E-state index in [-0.39, 0.29) is 29.9 Å². The molecular weight excluding hydrogens is 364 g/mol. The topological polar surface area (TPSA) is 46.2 Å². The highest BCUT2D eigenvalue weighted by Gasteiger charge is 2.50. The zero-order chi connectivity index (χ0) is 18.6. The molecule has 2 aromatic carbocycles. The summed E-state index contributed by atoms with van der Waals surface area (Å²) in [5.74, 6) is 0. The molecule has 2 aliphatic rings. The Hall–Kier alpha value is -1.41. The van der Waals surface area contributed by atoms with Gasteiger partial charge < -0.3 is 23.7 Å². The molecular formula is C21H24O5S. The second kappa shape index (κ2) is 8.73. The lowest BCUT2D eigenvalue weighted by molar-refractivity contribution is -0.323. The summed E-state index contributed by atoms with van der Waals surface area (Å²) in [5, 5.41) is 0. The van der Waals surface area contributed by atoms with Gasteiger partial charge in [0, 0.05) is 24.7 Å². The minimum atomic E-state index is -0.426. The quantitative estimate of drug-likeness (QED) is 0.779. The van der Waals surface area contributed by atoms with Gasteiger partial charge in [0.05, 0.1) is 6.61 Å². The van der Waals surface area contributed by atoms with Gasteiger partial charge in [-0.15, -0.1) is 0 Å². The van der Waals surface area contributed by atoms with E-state index in [0.717, 1.165) is 10.5 Å². The minimum absolute atomic E-state index is 0.205. The van der Waals surface area contributed by atoms with E-state index in [0.29, 0.717) is 6.61 Å². The van der Waals surface area contributed by atoms with Gasteiger partial charge in [-0.3, -0.25) is 0 Å². The SMILES string of the molecule is CO[C@@H]1[C@@H](OC)[C@H](Sc2ccccc2)O[C@@H]2CO[C@@H](c3ccccc3)O[C@@H]12. The van der Waals surface area contributed by atoms with E-state index in [4.69, 9.17) is 23.7 Å². The Labute approximate surface area is 163 Å². The van der Waals surface area contributed by atoms with Gasteiger partial charge in [-0.2, -0.15) is 0 Å². The van der Waals surface area contributed by atoms with E-state index < -0.39 is 6.29 Å². The van der Waals surface area contributed by atoms with Crippen LogP contribution in [0.3, 0.4) is 0 Å². The van der Waals surface area contributed by atoms with E-state index in [9.17, 15) is 0 Å². The smallest absolute Gasteiger partial charge is 0.184 e. The van der Waals surface area contributed by atoms with Crippen molar-refractivity contribution in [2.24, 2.45) is 0 Å². The molecule has 2 saturated heterocycles. The van der Waals surface area contributed by atoms with Crippen molar-refractivity contribution >= 4 is 11.8 Å². The molecule has 2 heterocycles. The van der Waals surface area contributed by atoms with E-state index in [1.54, 1.807) is 26.0 Å². The minimum Gasteiger partial charge on any atom is -0.376 e. The molecule has 0 radical (unpaired) electrons. The Morgan fingerprint density at radius 3 is 2.19 bits per heavy atom. The summed E-state index contributed by atoms with van der Waals surface area (Å²) >= 11 is 1.63. The number of benzene rings is 2. The summed E-state index contributed by atoms with van der Waals surface area (Å²) in [5.41, 5.74) is 0.782. The van der Waals surface area contributed by atoms with Crippen LogP contribution in [-0.2, 0) is 23.7 Å². The average Bonchev–Trinajstić information content (AvgIpc) is 2.73. The van der Waals surface area contributed by atoms with Crippen molar-refractivity contribution in [3.63, 3.8) is 0 Å². The zero-order valence-corrected chi connectivity index (χ0v) is 16.2. The first-order chi connectivity index (χ1) is 13.3. The maximum Gasteiger partial charge on any atom is 0.184 e. The fourth-order valence-electron chi connectivity index (χ4n) is 3.57. The number of methoxy groups -OCH3 is 2. The molecule has 0 N–H and O–H groups in total. The van der Waals surface area contributed by atoms with Gasteiger partial charge >= 0.3 is 0 Å². The van der Waals surface area contributed by atoms with E-state index in [1.807, 2.05) is 48.5 Å². The molecule has 0 spiro atoms. The lowest BCUT2D eigenvalue weighted by Crippen LogP contribution is -2.62. The van der Waals surface area contributed by atoms with Gasteiger partial charge in [0.25, 0.3) is 0 Å². The molecule has 6 atom stereocenters. The molecule has 0 unspecified atom stereocenters. The van der Waals surface area contributed by atoms with Crippen molar-refractivity contribution in [3.05, 3.63) is 66.2 Å². The molecule has 2 aromatic rings. The average molecular weight is 388 g/mol. The molecule has 0 saturated carbocycles. The predicted octanol–water partition coefficient (Wildman–Crippen LogP) is 3.65. The molecule has 0 bridgehead atoms. The van der Waals surface area contributed by atoms with Crippen LogP contribution in [0.5, 0.6) is 0 Å². The molecule has 0 aliphatic carbocycles. The maximum atomic E-state index is 6.32. The van der Waals surface area contributed by atoms with Gasteiger partial charge in [0.1, 0.15) is 29.9 Å². The summed E-state index contributed by atoms with van der Waals surface area (Å²) in [6.45, 7) is 0.451. The second-order valence-electron chi connectivity index (χ2n) is 6.55. The number of hydrogen-bond acceptors (Lipinski definition) is 6. The Morgan fingerprint density at radius 2 is 1.52 bits per heavy atom. The van der Waals surface area contributed by atoms with Crippen LogP contribution in [0.2, 0.25) is 0 Å². The molecule has 6 heteroatoms. The van der Waals surface area contributed by atoms with Crippen LogP contribution >= 0.6 is 11.8 Å². The lowest BCUT2D eigenvalue weighted by atomic mass is 9.98. The number of rotatable bonds is 5. The Bertz CT molecular complexity index is 713. The van der Waals surface area contributed by atoms with Crippen molar-refractivity contribution in [2.45, 2.75) is 41.0 Å². The Morgan fingerprint density at radius 1 is 0.852 bits per heavy atom. The molecule has 2 aliphatic heterocycles. The number of ether oxygens (including phenoxy) is 5. The summed E-state index contributed by atoms with van der Waals surface area (Å²) in [6.07, 6.45) is -1.39. The third-order valence-electron chi connectivity index (χ3n) is 4.90. The third kappa shape index (κ3) is 4.06. The summed E-state index contributed by atoms with van der Waals surface area (Å²) in [6, 6.07) is 20.1. The zero-order valence-electron chi connectivity index (χ0n) is 15.4. The highest BCUT2D eigenvalue weighted by molar-refractivity contribution is 7.99. The van der Waals surface area contributed by atoms with E-state index in [1.165, 1.54) is 0 Å². The van der Waals surface area contributed by atoms with Crippen LogP contribution in [-0.4, -0.2) is 50.7 Å². The largest absolute Gasteiger partial charge is 0.376 e.